The highest BCUT2D eigenvalue weighted by atomic mass is 32.1. The number of hydrogen-bond donors (Lipinski definition) is 1. The van der Waals surface area contributed by atoms with E-state index >= 15 is 0 Å². The van der Waals surface area contributed by atoms with Crippen LogP contribution in [0.4, 0.5) is 0 Å². The molecule has 1 amide bonds. The molecule has 0 aromatic carbocycles. The molecule has 4 nitrogen and oxygen atoms in total. The first-order valence-electron chi connectivity index (χ1n) is 6.49. The smallest absolute Gasteiger partial charge is 0.240 e. The number of thiazole rings is 1. The zero-order valence-electron chi connectivity index (χ0n) is 11.2. The number of hydrogen-bond acceptors (Lipinski definition) is 4. The molecule has 1 aliphatic rings. The lowest BCUT2D eigenvalue weighted by atomic mass is 10.0. The Balaban J connectivity index is 2.16. The fraction of sp³-hybridized carbons (Fsp3) is 0.692. The number of nitrogens with zero attached hydrogens (tertiary/aromatic N) is 2. The van der Waals surface area contributed by atoms with E-state index in [2.05, 4.69) is 4.98 Å². The highest BCUT2D eigenvalue weighted by molar-refractivity contribution is 7.09. The molecule has 0 radical (unpaired) electrons. The number of amides is 1. The van der Waals surface area contributed by atoms with Crippen LogP contribution < -0.4 is 5.73 Å². The number of rotatable bonds is 5. The van der Waals surface area contributed by atoms with E-state index < -0.39 is 6.04 Å². The van der Waals surface area contributed by atoms with Crippen molar-refractivity contribution in [2.75, 3.05) is 0 Å². The lowest BCUT2D eigenvalue weighted by Crippen LogP contribution is -2.48. The van der Waals surface area contributed by atoms with Crippen molar-refractivity contribution in [3.63, 3.8) is 0 Å². The van der Waals surface area contributed by atoms with Gasteiger partial charge in [0.1, 0.15) is 5.01 Å². The Morgan fingerprint density at radius 2 is 2.17 bits per heavy atom. The van der Waals surface area contributed by atoms with Crippen molar-refractivity contribution in [2.45, 2.75) is 51.7 Å². The van der Waals surface area contributed by atoms with Gasteiger partial charge in [0.2, 0.25) is 5.91 Å². The van der Waals surface area contributed by atoms with E-state index in [9.17, 15) is 4.79 Å². The van der Waals surface area contributed by atoms with Crippen LogP contribution in [0.1, 0.15) is 44.7 Å². The summed E-state index contributed by atoms with van der Waals surface area (Å²) in [5, 5.41) is 2.94. The molecule has 1 heterocycles. The third kappa shape index (κ3) is 2.72. The van der Waals surface area contributed by atoms with E-state index in [0.717, 1.165) is 17.8 Å². The van der Waals surface area contributed by atoms with E-state index in [0.29, 0.717) is 6.04 Å². The summed E-state index contributed by atoms with van der Waals surface area (Å²) in [7, 11) is 0. The molecule has 0 saturated heterocycles. The summed E-state index contributed by atoms with van der Waals surface area (Å²) in [5.41, 5.74) is 6.01. The Bertz CT molecular complexity index is 400. The van der Waals surface area contributed by atoms with Crippen LogP contribution in [0, 0.1) is 5.92 Å². The van der Waals surface area contributed by atoms with E-state index in [-0.39, 0.29) is 17.9 Å². The summed E-state index contributed by atoms with van der Waals surface area (Å²) in [5.74, 6) is 0.234. The van der Waals surface area contributed by atoms with Gasteiger partial charge in [0.15, 0.2) is 0 Å². The quantitative estimate of drug-likeness (QED) is 0.889. The molecule has 0 spiro atoms. The molecule has 2 N–H and O–H groups in total. The van der Waals surface area contributed by atoms with Crippen molar-refractivity contribution >= 4 is 17.2 Å². The van der Waals surface area contributed by atoms with Gasteiger partial charge in [0.05, 0.1) is 12.1 Å². The number of carbonyl (C=O) groups excluding carboxylic acids is 1. The lowest BCUT2D eigenvalue weighted by Gasteiger charge is -2.31. The maximum Gasteiger partial charge on any atom is 0.240 e. The molecule has 0 bridgehead atoms. The van der Waals surface area contributed by atoms with Crippen LogP contribution >= 0.6 is 11.3 Å². The molecule has 100 valence electrons. The van der Waals surface area contributed by atoms with Crippen LogP contribution in [0.25, 0.3) is 0 Å². The summed E-state index contributed by atoms with van der Waals surface area (Å²) < 4.78 is 0. The van der Waals surface area contributed by atoms with Crippen molar-refractivity contribution in [1.29, 1.82) is 0 Å². The zero-order valence-corrected chi connectivity index (χ0v) is 12.0. The largest absolute Gasteiger partial charge is 0.329 e. The van der Waals surface area contributed by atoms with Crippen molar-refractivity contribution < 1.29 is 4.79 Å². The van der Waals surface area contributed by atoms with Gasteiger partial charge < -0.3 is 10.6 Å². The summed E-state index contributed by atoms with van der Waals surface area (Å²) in [6, 6.07) is -0.0102. The van der Waals surface area contributed by atoms with E-state index in [4.69, 9.17) is 5.73 Å². The standard InChI is InChI=1S/C13H21N3OS/c1-8(2)11(14)13(17)16(10-4-5-10)9(3)12-15-6-7-18-12/h6-11H,4-5,14H2,1-3H3/t9-,11-/m0/s1. The van der Waals surface area contributed by atoms with Gasteiger partial charge in [-0.05, 0) is 25.7 Å². The molecule has 0 aliphatic heterocycles. The van der Waals surface area contributed by atoms with Crippen LogP contribution in [0.15, 0.2) is 11.6 Å². The normalized spacial score (nSPS) is 18.7. The molecule has 5 heteroatoms. The monoisotopic (exact) mass is 267 g/mol. The SMILES string of the molecule is CC(C)[C@H](N)C(=O)N(C1CC1)[C@@H](C)c1nccs1. The third-order valence-corrected chi connectivity index (χ3v) is 4.37. The van der Waals surface area contributed by atoms with Crippen LogP contribution in [0.2, 0.25) is 0 Å². The molecule has 2 rings (SSSR count). The molecule has 0 unspecified atom stereocenters. The second-order valence-electron chi connectivity index (χ2n) is 5.29. The Labute approximate surface area is 112 Å². The van der Waals surface area contributed by atoms with E-state index in [1.54, 1.807) is 17.5 Å². The zero-order chi connectivity index (χ0) is 13.3. The second kappa shape index (κ2) is 5.36. The van der Waals surface area contributed by atoms with Crippen molar-refractivity contribution in [3.05, 3.63) is 16.6 Å². The predicted octanol–water partition coefficient (Wildman–Crippen LogP) is 2.18. The fourth-order valence-electron chi connectivity index (χ4n) is 2.06. The highest BCUT2D eigenvalue weighted by Crippen LogP contribution is 2.35. The first-order chi connectivity index (χ1) is 8.52. The highest BCUT2D eigenvalue weighted by Gasteiger charge is 2.39. The van der Waals surface area contributed by atoms with Gasteiger partial charge in [-0.1, -0.05) is 13.8 Å². The number of aromatic nitrogens is 1. The van der Waals surface area contributed by atoms with Crippen molar-refractivity contribution in [1.82, 2.24) is 9.88 Å². The second-order valence-corrected chi connectivity index (χ2v) is 6.22. The minimum Gasteiger partial charge on any atom is -0.329 e. The average Bonchev–Trinajstić information content (AvgIpc) is 3.01. The first-order valence-corrected chi connectivity index (χ1v) is 7.37. The minimum atomic E-state index is -0.409. The van der Waals surface area contributed by atoms with Crippen LogP contribution in [-0.2, 0) is 4.79 Å². The summed E-state index contributed by atoms with van der Waals surface area (Å²) in [6.07, 6.45) is 3.97. The van der Waals surface area contributed by atoms with Gasteiger partial charge >= 0.3 is 0 Å². The minimum absolute atomic E-state index is 0.0369. The lowest BCUT2D eigenvalue weighted by molar-refractivity contribution is -0.136. The van der Waals surface area contributed by atoms with Gasteiger partial charge in [-0.2, -0.15) is 0 Å². The van der Waals surface area contributed by atoms with Gasteiger partial charge in [-0.15, -0.1) is 11.3 Å². The Morgan fingerprint density at radius 3 is 2.61 bits per heavy atom. The van der Waals surface area contributed by atoms with Crippen molar-refractivity contribution in [2.24, 2.45) is 11.7 Å². The van der Waals surface area contributed by atoms with Gasteiger partial charge in [0, 0.05) is 17.6 Å². The Kier molecular flexibility index (Phi) is 4.02. The van der Waals surface area contributed by atoms with Crippen LogP contribution in [0.3, 0.4) is 0 Å². The molecular weight excluding hydrogens is 246 g/mol. The molecular formula is C13H21N3OS. The van der Waals surface area contributed by atoms with E-state index in [1.807, 2.05) is 31.1 Å². The maximum atomic E-state index is 12.5. The maximum absolute atomic E-state index is 12.5. The Hall–Kier alpha value is -0.940. The van der Waals surface area contributed by atoms with Gasteiger partial charge in [-0.25, -0.2) is 4.98 Å². The summed E-state index contributed by atoms with van der Waals surface area (Å²) in [6.45, 7) is 6.02. The topological polar surface area (TPSA) is 59.2 Å². The van der Waals surface area contributed by atoms with E-state index in [1.165, 1.54) is 0 Å². The number of carbonyl (C=O) groups is 1. The average molecular weight is 267 g/mol. The predicted molar refractivity (Wildman–Crippen MR) is 73.2 cm³/mol. The molecule has 1 aromatic rings. The molecule has 1 aromatic heterocycles. The molecule has 2 atom stereocenters. The van der Waals surface area contributed by atoms with Crippen LogP contribution in [0.5, 0.6) is 0 Å². The van der Waals surface area contributed by atoms with Gasteiger partial charge in [-0.3, -0.25) is 4.79 Å². The van der Waals surface area contributed by atoms with Crippen LogP contribution in [-0.4, -0.2) is 27.9 Å². The summed E-state index contributed by atoms with van der Waals surface area (Å²) in [4.78, 5) is 18.7. The van der Waals surface area contributed by atoms with Gasteiger partial charge in [0.25, 0.3) is 0 Å². The molecule has 1 aliphatic carbocycles. The fourth-order valence-corrected chi connectivity index (χ4v) is 2.75. The molecule has 1 saturated carbocycles. The molecule has 1 fully saturated rings. The number of nitrogens with two attached hydrogens (primary N) is 1. The Morgan fingerprint density at radius 1 is 1.50 bits per heavy atom. The summed E-state index contributed by atoms with van der Waals surface area (Å²) >= 11 is 1.60. The first kappa shape index (κ1) is 13.5. The molecule has 18 heavy (non-hydrogen) atoms. The van der Waals surface area contributed by atoms with Crippen molar-refractivity contribution in [3.8, 4) is 0 Å². The third-order valence-electron chi connectivity index (χ3n) is 3.42.